The van der Waals surface area contributed by atoms with E-state index in [0.29, 0.717) is 6.54 Å². The van der Waals surface area contributed by atoms with Gasteiger partial charge in [-0.1, -0.05) is 6.92 Å². The second-order valence-corrected chi connectivity index (χ2v) is 3.84. The van der Waals surface area contributed by atoms with Crippen LogP contribution in [0.25, 0.3) is 0 Å². The molecular weight excluding hydrogens is 166 g/mol. The second kappa shape index (κ2) is 3.25. The van der Waals surface area contributed by atoms with Gasteiger partial charge in [-0.05, 0) is 20.3 Å². The second-order valence-electron chi connectivity index (χ2n) is 3.84. The first-order valence-electron chi connectivity index (χ1n) is 4.50. The number of rotatable bonds is 2. The highest BCUT2D eigenvalue weighted by Crippen LogP contribution is 2.18. The van der Waals surface area contributed by atoms with E-state index in [0.717, 1.165) is 6.42 Å². The first kappa shape index (κ1) is 9.85. The Morgan fingerprint density at radius 2 is 2.38 bits per heavy atom. The van der Waals surface area contributed by atoms with Gasteiger partial charge in [0.1, 0.15) is 5.54 Å². The van der Waals surface area contributed by atoms with E-state index in [9.17, 15) is 4.79 Å². The maximum atomic E-state index is 11.4. The fourth-order valence-corrected chi connectivity index (χ4v) is 1.38. The van der Waals surface area contributed by atoms with E-state index < -0.39 is 5.54 Å². The summed E-state index contributed by atoms with van der Waals surface area (Å²) in [6, 6.07) is 2.19. The lowest BCUT2D eigenvalue weighted by Gasteiger charge is -2.27. The van der Waals surface area contributed by atoms with Gasteiger partial charge in [0.15, 0.2) is 0 Å². The van der Waals surface area contributed by atoms with E-state index in [-0.39, 0.29) is 12.1 Å². The monoisotopic (exact) mass is 181 g/mol. The van der Waals surface area contributed by atoms with Crippen LogP contribution in [0.15, 0.2) is 0 Å². The Kier molecular flexibility index (Phi) is 2.46. The lowest BCUT2D eigenvalue weighted by molar-refractivity contribution is 0.186. The van der Waals surface area contributed by atoms with Crippen LogP contribution in [0, 0.1) is 11.3 Å². The molecule has 1 heterocycles. The van der Waals surface area contributed by atoms with Crippen molar-refractivity contribution in [1.29, 1.82) is 5.26 Å². The van der Waals surface area contributed by atoms with Crippen LogP contribution in [-0.4, -0.2) is 29.1 Å². The third-order valence-electron chi connectivity index (χ3n) is 2.42. The number of carbonyl (C=O) groups is 1. The summed E-state index contributed by atoms with van der Waals surface area (Å²) in [5.74, 6) is 0. The van der Waals surface area contributed by atoms with Gasteiger partial charge in [-0.3, -0.25) is 0 Å². The van der Waals surface area contributed by atoms with Crippen molar-refractivity contribution in [2.24, 2.45) is 0 Å². The maximum Gasteiger partial charge on any atom is 0.319 e. The van der Waals surface area contributed by atoms with Gasteiger partial charge in [0.25, 0.3) is 0 Å². The zero-order chi connectivity index (χ0) is 10.1. The first-order valence-corrected chi connectivity index (χ1v) is 4.50. The molecule has 0 aliphatic carbocycles. The van der Waals surface area contributed by atoms with E-state index in [1.54, 1.807) is 18.7 Å². The van der Waals surface area contributed by atoms with Crippen LogP contribution in [0.3, 0.4) is 0 Å². The minimum absolute atomic E-state index is 0.126. The van der Waals surface area contributed by atoms with Crippen LogP contribution in [-0.2, 0) is 0 Å². The highest BCUT2D eigenvalue weighted by atomic mass is 16.2. The molecule has 1 aliphatic rings. The van der Waals surface area contributed by atoms with Crippen molar-refractivity contribution in [1.82, 2.24) is 10.2 Å². The van der Waals surface area contributed by atoms with Crippen LogP contribution in [0.1, 0.15) is 27.2 Å². The van der Waals surface area contributed by atoms with Crippen LogP contribution < -0.4 is 5.32 Å². The Labute approximate surface area is 78.5 Å². The van der Waals surface area contributed by atoms with Crippen LogP contribution in [0.2, 0.25) is 0 Å². The zero-order valence-electron chi connectivity index (χ0n) is 8.29. The van der Waals surface area contributed by atoms with Crippen molar-refractivity contribution in [3.05, 3.63) is 0 Å². The molecule has 1 N–H and O–H groups in total. The molecule has 0 bridgehead atoms. The normalized spacial score (nSPS) is 22.8. The van der Waals surface area contributed by atoms with Gasteiger partial charge in [0.05, 0.1) is 6.07 Å². The Morgan fingerprint density at radius 1 is 1.77 bits per heavy atom. The fraction of sp³-hybridized carbons (Fsp3) is 0.778. The van der Waals surface area contributed by atoms with E-state index >= 15 is 0 Å². The summed E-state index contributed by atoms with van der Waals surface area (Å²) in [4.78, 5) is 13.0. The number of hydrogen-bond donors (Lipinski definition) is 1. The highest BCUT2D eigenvalue weighted by Gasteiger charge is 2.37. The minimum atomic E-state index is -0.700. The van der Waals surface area contributed by atoms with Crippen molar-refractivity contribution in [3.63, 3.8) is 0 Å². The van der Waals surface area contributed by atoms with Crippen LogP contribution in [0.5, 0.6) is 0 Å². The van der Waals surface area contributed by atoms with Crippen LogP contribution in [0.4, 0.5) is 4.79 Å². The summed E-state index contributed by atoms with van der Waals surface area (Å²) < 4.78 is 0. The van der Waals surface area contributed by atoms with Crippen molar-refractivity contribution in [2.45, 2.75) is 38.8 Å². The summed E-state index contributed by atoms with van der Waals surface area (Å²) in [6.45, 7) is 6.17. The molecule has 2 amide bonds. The number of nitrogens with one attached hydrogen (secondary N) is 1. The molecule has 0 aromatic carbocycles. The molecule has 1 aliphatic heterocycles. The summed E-state index contributed by atoms with van der Waals surface area (Å²) in [6.07, 6.45) is 0.906. The molecule has 1 fully saturated rings. The first-order chi connectivity index (χ1) is 6.01. The van der Waals surface area contributed by atoms with Crippen molar-refractivity contribution < 1.29 is 4.79 Å². The fourth-order valence-electron chi connectivity index (χ4n) is 1.38. The molecule has 1 saturated heterocycles. The lowest BCUT2D eigenvalue weighted by Crippen LogP contribution is -2.44. The molecule has 0 aromatic heterocycles. The summed E-state index contributed by atoms with van der Waals surface area (Å²) in [7, 11) is 0. The van der Waals surface area contributed by atoms with E-state index in [2.05, 4.69) is 11.4 Å². The van der Waals surface area contributed by atoms with E-state index in [1.165, 1.54) is 0 Å². The third-order valence-corrected chi connectivity index (χ3v) is 2.42. The molecule has 4 heteroatoms. The number of amides is 2. The number of carbonyl (C=O) groups excluding carboxylic acids is 1. The Hall–Kier alpha value is -1.24. The molecule has 13 heavy (non-hydrogen) atoms. The summed E-state index contributed by atoms with van der Waals surface area (Å²) in [5, 5.41) is 11.7. The van der Waals surface area contributed by atoms with Gasteiger partial charge in [-0.2, -0.15) is 5.26 Å². The molecule has 1 rings (SSSR count). The van der Waals surface area contributed by atoms with E-state index in [1.807, 2.05) is 6.92 Å². The molecule has 0 radical (unpaired) electrons. The SMILES string of the molecule is CCC1CN(C(C)(C)C#N)C(=O)N1. The maximum absolute atomic E-state index is 11.4. The highest BCUT2D eigenvalue weighted by molar-refractivity contribution is 5.78. The topological polar surface area (TPSA) is 56.1 Å². The van der Waals surface area contributed by atoms with Crippen molar-refractivity contribution >= 4 is 6.03 Å². The number of nitriles is 1. The molecule has 1 unspecified atom stereocenters. The predicted octanol–water partition coefficient (Wildman–Crippen LogP) is 1.09. The van der Waals surface area contributed by atoms with Crippen molar-refractivity contribution in [2.75, 3.05) is 6.54 Å². The molecule has 0 saturated carbocycles. The van der Waals surface area contributed by atoms with Crippen molar-refractivity contribution in [3.8, 4) is 6.07 Å². The number of hydrogen-bond acceptors (Lipinski definition) is 2. The van der Waals surface area contributed by atoms with Gasteiger partial charge < -0.3 is 10.2 Å². The Bertz CT molecular complexity index is 254. The largest absolute Gasteiger partial charge is 0.333 e. The van der Waals surface area contributed by atoms with E-state index in [4.69, 9.17) is 5.26 Å². The van der Waals surface area contributed by atoms with Gasteiger partial charge >= 0.3 is 6.03 Å². The predicted molar refractivity (Wildman–Crippen MR) is 49.0 cm³/mol. The Balaban J connectivity index is 2.74. The average Bonchev–Trinajstić information content (AvgIpc) is 2.47. The minimum Gasteiger partial charge on any atom is -0.333 e. The molecule has 1 atom stereocenters. The van der Waals surface area contributed by atoms with Gasteiger partial charge in [-0.25, -0.2) is 4.79 Å². The molecule has 4 nitrogen and oxygen atoms in total. The van der Waals surface area contributed by atoms with Gasteiger partial charge in [0.2, 0.25) is 0 Å². The molecule has 0 spiro atoms. The quantitative estimate of drug-likeness (QED) is 0.693. The Morgan fingerprint density at radius 3 is 2.77 bits per heavy atom. The zero-order valence-corrected chi connectivity index (χ0v) is 8.29. The summed E-state index contributed by atoms with van der Waals surface area (Å²) in [5.41, 5.74) is -0.700. The average molecular weight is 181 g/mol. The number of nitrogens with zero attached hydrogens (tertiary/aromatic N) is 2. The summed E-state index contributed by atoms with van der Waals surface area (Å²) >= 11 is 0. The standard InChI is InChI=1S/C9H15N3O/c1-4-7-5-12(8(13)11-7)9(2,3)6-10/h7H,4-5H2,1-3H3,(H,11,13). The molecule has 72 valence electrons. The number of urea groups is 1. The van der Waals surface area contributed by atoms with Gasteiger partial charge in [0, 0.05) is 12.6 Å². The van der Waals surface area contributed by atoms with Crippen LogP contribution >= 0.6 is 0 Å². The smallest absolute Gasteiger partial charge is 0.319 e. The lowest BCUT2D eigenvalue weighted by atomic mass is 10.1. The molecular formula is C9H15N3O. The van der Waals surface area contributed by atoms with Gasteiger partial charge in [-0.15, -0.1) is 0 Å². The third kappa shape index (κ3) is 1.74. The molecule has 0 aromatic rings.